The van der Waals surface area contributed by atoms with E-state index in [4.69, 9.17) is 0 Å². The molecule has 0 spiro atoms. The highest BCUT2D eigenvalue weighted by Gasteiger charge is 2.34. The van der Waals surface area contributed by atoms with Gasteiger partial charge in [0.2, 0.25) is 5.91 Å². The zero-order valence-electron chi connectivity index (χ0n) is 13.2. The van der Waals surface area contributed by atoms with Crippen LogP contribution in [0.4, 0.5) is 0 Å². The molecule has 1 saturated heterocycles. The van der Waals surface area contributed by atoms with Crippen molar-refractivity contribution in [3.05, 3.63) is 35.9 Å². The minimum Gasteiger partial charge on any atom is -0.342 e. The van der Waals surface area contributed by atoms with Crippen molar-refractivity contribution < 1.29 is 13.2 Å². The standard InChI is InChI=1S/C16H24N2O3S/c1-3-17(4-2)16(19)15(14-8-6-5-7-9-14)18-10-12-22(20,21)13-11-18/h5-9,15H,3-4,10-13H2,1-2H3/t15-/m0/s1. The molecule has 5 nitrogen and oxygen atoms in total. The first-order valence-corrected chi connectivity index (χ1v) is 9.59. The average molecular weight is 324 g/mol. The Labute approximate surface area is 132 Å². The van der Waals surface area contributed by atoms with E-state index in [9.17, 15) is 13.2 Å². The molecule has 1 aromatic carbocycles. The molecule has 0 radical (unpaired) electrons. The topological polar surface area (TPSA) is 57.7 Å². The lowest BCUT2D eigenvalue weighted by Gasteiger charge is -2.36. The Balaban J connectivity index is 2.28. The molecule has 122 valence electrons. The van der Waals surface area contributed by atoms with Gasteiger partial charge in [-0.05, 0) is 19.4 Å². The number of nitrogens with zero attached hydrogens (tertiary/aromatic N) is 2. The van der Waals surface area contributed by atoms with Crippen molar-refractivity contribution in [2.24, 2.45) is 0 Å². The number of likely N-dealkylation sites (N-methyl/N-ethyl adjacent to an activating group) is 1. The minimum atomic E-state index is -2.96. The van der Waals surface area contributed by atoms with Gasteiger partial charge in [0, 0.05) is 26.2 Å². The van der Waals surface area contributed by atoms with Crippen molar-refractivity contribution in [3.63, 3.8) is 0 Å². The van der Waals surface area contributed by atoms with Gasteiger partial charge in [0.25, 0.3) is 0 Å². The maximum absolute atomic E-state index is 12.9. The van der Waals surface area contributed by atoms with E-state index in [0.717, 1.165) is 5.56 Å². The van der Waals surface area contributed by atoms with Gasteiger partial charge in [-0.2, -0.15) is 0 Å². The highest BCUT2D eigenvalue weighted by Crippen LogP contribution is 2.25. The summed E-state index contributed by atoms with van der Waals surface area (Å²) in [5.41, 5.74) is 0.929. The summed E-state index contributed by atoms with van der Waals surface area (Å²) in [6.45, 7) is 6.06. The number of hydrogen-bond donors (Lipinski definition) is 0. The number of amides is 1. The van der Waals surface area contributed by atoms with Crippen LogP contribution in [0, 0.1) is 0 Å². The molecule has 1 fully saturated rings. The highest BCUT2D eigenvalue weighted by molar-refractivity contribution is 7.91. The van der Waals surface area contributed by atoms with Crippen LogP contribution < -0.4 is 0 Å². The normalized spacial score (nSPS) is 19.5. The molecular formula is C16H24N2O3S. The van der Waals surface area contributed by atoms with Crippen LogP contribution in [0.1, 0.15) is 25.5 Å². The molecule has 1 aliphatic heterocycles. The molecule has 1 amide bonds. The van der Waals surface area contributed by atoms with E-state index in [1.54, 1.807) is 4.90 Å². The lowest BCUT2D eigenvalue weighted by Crippen LogP contribution is -2.48. The Morgan fingerprint density at radius 3 is 2.18 bits per heavy atom. The average Bonchev–Trinajstić information content (AvgIpc) is 2.51. The van der Waals surface area contributed by atoms with Gasteiger partial charge in [0.1, 0.15) is 6.04 Å². The summed E-state index contributed by atoms with van der Waals surface area (Å²) in [4.78, 5) is 16.7. The fourth-order valence-electron chi connectivity index (χ4n) is 2.84. The molecule has 1 aromatic rings. The van der Waals surface area contributed by atoms with Gasteiger partial charge in [0.15, 0.2) is 9.84 Å². The third-order valence-electron chi connectivity index (χ3n) is 4.17. The maximum Gasteiger partial charge on any atom is 0.244 e. The zero-order chi connectivity index (χ0) is 16.2. The van der Waals surface area contributed by atoms with Crippen molar-refractivity contribution in [3.8, 4) is 0 Å². The fourth-order valence-corrected chi connectivity index (χ4v) is 4.07. The second-order valence-corrected chi connectivity index (χ2v) is 7.82. The molecule has 1 heterocycles. The molecule has 1 atom stereocenters. The van der Waals surface area contributed by atoms with Gasteiger partial charge in [-0.1, -0.05) is 30.3 Å². The van der Waals surface area contributed by atoms with Gasteiger partial charge in [-0.15, -0.1) is 0 Å². The molecule has 1 aliphatic rings. The van der Waals surface area contributed by atoms with E-state index in [2.05, 4.69) is 0 Å². The summed E-state index contributed by atoms with van der Waals surface area (Å²) in [6, 6.07) is 9.24. The van der Waals surface area contributed by atoms with Crippen LogP contribution >= 0.6 is 0 Å². The molecule has 22 heavy (non-hydrogen) atoms. The summed E-state index contributed by atoms with van der Waals surface area (Å²) in [5, 5.41) is 0. The predicted molar refractivity (Wildman–Crippen MR) is 87.3 cm³/mol. The summed E-state index contributed by atoms with van der Waals surface area (Å²) >= 11 is 0. The van der Waals surface area contributed by atoms with Crippen LogP contribution in [0.5, 0.6) is 0 Å². The fraction of sp³-hybridized carbons (Fsp3) is 0.562. The van der Waals surface area contributed by atoms with Gasteiger partial charge >= 0.3 is 0 Å². The van der Waals surface area contributed by atoms with Crippen LogP contribution in [-0.2, 0) is 14.6 Å². The molecule has 0 aromatic heterocycles. The number of rotatable bonds is 5. The molecular weight excluding hydrogens is 300 g/mol. The number of benzene rings is 1. The number of carbonyl (C=O) groups excluding carboxylic acids is 1. The Morgan fingerprint density at radius 1 is 1.14 bits per heavy atom. The zero-order valence-corrected chi connectivity index (χ0v) is 14.1. The van der Waals surface area contributed by atoms with E-state index >= 15 is 0 Å². The summed E-state index contributed by atoms with van der Waals surface area (Å²) in [6.07, 6.45) is 0. The third kappa shape index (κ3) is 3.87. The number of carbonyl (C=O) groups is 1. The van der Waals surface area contributed by atoms with Crippen LogP contribution in [0.15, 0.2) is 30.3 Å². The van der Waals surface area contributed by atoms with E-state index in [-0.39, 0.29) is 17.4 Å². The SMILES string of the molecule is CCN(CC)C(=O)[C@H](c1ccccc1)N1CCS(=O)(=O)CC1. The van der Waals surface area contributed by atoms with E-state index in [1.807, 2.05) is 49.1 Å². The first-order chi connectivity index (χ1) is 10.5. The first kappa shape index (κ1) is 17.0. The Kier molecular flexibility index (Phi) is 5.58. The molecule has 0 bridgehead atoms. The molecule has 0 unspecified atom stereocenters. The van der Waals surface area contributed by atoms with Crippen molar-refractivity contribution >= 4 is 15.7 Å². The second-order valence-electron chi connectivity index (χ2n) is 5.51. The minimum absolute atomic E-state index is 0.0514. The summed E-state index contributed by atoms with van der Waals surface area (Å²) in [7, 11) is -2.96. The first-order valence-electron chi connectivity index (χ1n) is 7.76. The Bertz CT molecular complexity index is 583. The molecule has 0 aliphatic carbocycles. The van der Waals surface area contributed by atoms with Crippen molar-refractivity contribution in [2.45, 2.75) is 19.9 Å². The molecule has 2 rings (SSSR count). The Morgan fingerprint density at radius 2 is 1.68 bits per heavy atom. The summed E-state index contributed by atoms with van der Waals surface area (Å²) in [5.74, 6) is 0.305. The number of hydrogen-bond acceptors (Lipinski definition) is 4. The summed E-state index contributed by atoms with van der Waals surface area (Å²) < 4.78 is 23.3. The second kappa shape index (κ2) is 7.24. The van der Waals surface area contributed by atoms with Gasteiger partial charge in [0.05, 0.1) is 11.5 Å². The van der Waals surface area contributed by atoms with Gasteiger partial charge < -0.3 is 4.90 Å². The molecule has 6 heteroatoms. The van der Waals surface area contributed by atoms with Crippen molar-refractivity contribution in [1.29, 1.82) is 0 Å². The van der Waals surface area contributed by atoms with E-state index in [1.165, 1.54) is 0 Å². The van der Waals surface area contributed by atoms with Crippen molar-refractivity contribution in [1.82, 2.24) is 9.80 Å². The van der Waals surface area contributed by atoms with E-state index in [0.29, 0.717) is 26.2 Å². The van der Waals surface area contributed by atoms with Crippen LogP contribution in [-0.4, -0.2) is 61.8 Å². The largest absolute Gasteiger partial charge is 0.342 e. The highest BCUT2D eigenvalue weighted by atomic mass is 32.2. The lowest BCUT2D eigenvalue weighted by atomic mass is 10.0. The smallest absolute Gasteiger partial charge is 0.244 e. The molecule has 0 saturated carbocycles. The quantitative estimate of drug-likeness (QED) is 0.820. The van der Waals surface area contributed by atoms with Gasteiger partial charge in [-0.3, -0.25) is 9.69 Å². The maximum atomic E-state index is 12.9. The third-order valence-corrected chi connectivity index (χ3v) is 5.78. The monoisotopic (exact) mass is 324 g/mol. The van der Waals surface area contributed by atoms with Gasteiger partial charge in [-0.25, -0.2) is 8.42 Å². The molecule has 0 N–H and O–H groups in total. The van der Waals surface area contributed by atoms with Crippen LogP contribution in [0.25, 0.3) is 0 Å². The van der Waals surface area contributed by atoms with E-state index < -0.39 is 15.9 Å². The van der Waals surface area contributed by atoms with Crippen molar-refractivity contribution in [2.75, 3.05) is 37.7 Å². The van der Waals surface area contributed by atoms with Crippen LogP contribution in [0.2, 0.25) is 0 Å². The predicted octanol–water partition coefficient (Wildman–Crippen LogP) is 1.33. The van der Waals surface area contributed by atoms with Crippen LogP contribution in [0.3, 0.4) is 0 Å². The number of sulfone groups is 1. The lowest BCUT2D eigenvalue weighted by molar-refractivity contribution is -0.136. The Hall–Kier alpha value is -1.40.